The van der Waals surface area contributed by atoms with Crippen molar-refractivity contribution in [2.24, 2.45) is 5.92 Å². The summed E-state index contributed by atoms with van der Waals surface area (Å²) in [5.74, 6) is -27.8. The largest absolute Gasteiger partial charge is 0.473 e. The van der Waals surface area contributed by atoms with Crippen LogP contribution in [0.25, 0.3) is 0 Å². The molecule has 1 atom stereocenters. The number of alkyl halides is 11. The van der Waals surface area contributed by atoms with Gasteiger partial charge in [-0.25, -0.2) is 4.79 Å². The lowest BCUT2D eigenvalue weighted by molar-refractivity contribution is -0.429. The van der Waals surface area contributed by atoms with Gasteiger partial charge in [-0.05, 0) is 13.8 Å². The molecule has 0 rings (SSSR count). The molecule has 24 heavy (non-hydrogen) atoms. The van der Waals surface area contributed by atoms with E-state index in [1.54, 1.807) is 0 Å². The standard InChI is InChI=1S/C11H9F11O2/c1-4(2)6(23)24-11(21,22)10(19,20)9(17,18)7(12,13)5(3)8(14,15)16/h5H,1H2,2-3H3. The molecular weight excluding hydrogens is 373 g/mol. The Hall–Kier alpha value is -1.56. The zero-order chi connectivity index (χ0) is 19.9. The first-order valence-electron chi connectivity index (χ1n) is 5.70. The Kier molecular flexibility index (Phi) is 5.67. The lowest BCUT2D eigenvalue weighted by atomic mass is 9.92. The van der Waals surface area contributed by atoms with Gasteiger partial charge in [0.2, 0.25) is 0 Å². The fraction of sp³-hybridized carbons (Fsp3) is 0.727. The van der Waals surface area contributed by atoms with Gasteiger partial charge >= 0.3 is 36.0 Å². The van der Waals surface area contributed by atoms with Gasteiger partial charge in [0.1, 0.15) is 5.92 Å². The van der Waals surface area contributed by atoms with Crippen molar-refractivity contribution in [3.8, 4) is 0 Å². The highest BCUT2D eigenvalue weighted by Crippen LogP contribution is 2.57. The normalized spacial score (nSPS) is 15.9. The van der Waals surface area contributed by atoms with E-state index in [4.69, 9.17) is 0 Å². The number of halogens is 11. The molecular formula is C11H9F11O2. The molecule has 0 aliphatic heterocycles. The summed E-state index contributed by atoms with van der Waals surface area (Å²) in [5, 5.41) is 0. The van der Waals surface area contributed by atoms with Gasteiger partial charge in [-0.1, -0.05) is 6.58 Å². The Labute approximate surface area is 127 Å². The molecule has 0 N–H and O–H groups in total. The van der Waals surface area contributed by atoms with Gasteiger partial charge in [0.15, 0.2) is 0 Å². The number of esters is 1. The van der Waals surface area contributed by atoms with Crippen LogP contribution in [0.5, 0.6) is 0 Å². The first kappa shape index (κ1) is 22.4. The van der Waals surface area contributed by atoms with Crippen LogP contribution in [0.15, 0.2) is 12.2 Å². The maximum Gasteiger partial charge on any atom is 0.473 e. The molecule has 0 spiro atoms. The summed E-state index contributed by atoms with van der Waals surface area (Å²) in [6.07, 6.45) is -12.6. The molecule has 0 aliphatic carbocycles. The van der Waals surface area contributed by atoms with Crippen LogP contribution in [-0.4, -0.2) is 36.0 Å². The smallest absolute Gasteiger partial charge is 0.393 e. The van der Waals surface area contributed by atoms with E-state index in [0.717, 1.165) is 0 Å². The van der Waals surface area contributed by atoms with Crippen molar-refractivity contribution in [3.05, 3.63) is 12.2 Å². The van der Waals surface area contributed by atoms with E-state index in [1.165, 1.54) is 0 Å². The van der Waals surface area contributed by atoms with Gasteiger partial charge in [0.25, 0.3) is 0 Å². The summed E-state index contributed by atoms with van der Waals surface area (Å²) in [7, 11) is 0. The zero-order valence-corrected chi connectivity index (χ0v) is 11.8. The molecule has 0 saturated heterocycles. The zero-order valence-electron chi connectivity index (χ0n) is 11.8. The molecule has 0 fully saturated rings. The summed E-state index contributed by atoms with van der Waals surface area (Å²) in [5.41, 5.74) is -0.982. The lowest BCUT2D eigenvalue weighted by Gasteiger charge is -2.38. The average Bonchev–Trinajstić information content (AvgIpc) is 2.35. The summed E-state index contributed by atoms with van der Waals surface area (Å²) >= 11 is 0. The molecule has 0 amide bonds. The molecule has 0 aliphatic rings. The second-order valence-corrected chi connectivity index (χ2v) is 4.72. The fourth-order valence-electron chi connectivity index (χ4n) is 1.14. The van der Waals surface area contributed by atoms with Crippen molar-refractivity contribution in [1.29, 1.82) is 0 Å². The van der Waals surface area contributed by atoms with Crippen LogP contribution < -0.4 is 0 Å². The lowest BCUT2D eigenvalue weighted by Crippen LogP contribution is -2.66. The predicted molar refractivity (Wildman–Crippen MR) is 55.9 cm³/mol. The Morgan fingerprint density at radius 3 is 1.54 bits per heavy atom. The Balaban J connectivity index is 5.97. The highest BCUT2D eigenvalue weighted by Gasteiger charge is 2.85. The van der Waals surface area contributed by atoms with Gasteiger partial charge in [0, 0.05) is 5.57 Å². The molecule has 0 aromatic carbocycles. The van der Waals surface area contributed by atoms with Crippen molar-refractivity contribution in [1.82, 2.24) is 0 Å². The van der Waals surface area contributed by atoms with Gasteiger partial charge in [-0.3, -0.25) is 0 Å². The number of rotatable bonds is 6. The third-order valence-corrected chi connectivity index (χ3v) is 2.78. The molecule has 142 valence electrons. The van der Waals surface area contributed by atoms with E-state index in [2.05, 4.69) is 11.3 Å². The van der Waals surface area contributed by atoms with Crippen molar-refractivity contribution >= 4 is 5.97 Å². The minimum Gasteiger partial charge on any atom is -0.393 e. The van der Waals surface area contributed by atoms with Crippen LogP contribution in [0.4, 0.5) is 48.3 Å². The quantitative estimate of drug-likeness (QED) is 0.375. The van der Waals surface area contributed by atoms with Gasteiger partial charge in [-0.2, -0.15) is 48.3 Å². The van der Waals surface area contributed by atoms with Crippen molar-refractivity contribution in [2.45, 2.75) is 43.9 Å². The Bertz CT molecular complexity index is 507. The van der Waals surface area contributed by atoms with E-state index in [0.29, 0.717) is 6.92 Å². The van der Waals surface area contributed by atoms with Crippen LogP contribution in [0.3, 0.4) is 0 Å². The van der Waals surface area contributed by atoms with E-state index >= 15 is 0 Å². The van der Waals surface area contributed by atoms with Crippen molar-refractivity contribution in [3.63, 3.8) is 0 Å². The highest BCUT2D eigenvalue weighted by atomic mass is 19.4. The topological polar surface area (TPSA) is 26.3 Å². The van der Waals surface area contributed by atoms with Crippen LogP contribution in [0.2, 0.25) is 0 Å². The molecule has 2 nitrogen and oxygen atoms in total. The van der Waals surface area contributed by atoms with E-state index in [-0.39, 0.29) is 0 Å². The summed E-state index contributed by atoms with van der Waals surface area (Å²) < 4.78 is 144. The monoisotopic (exact) mass is 382 g/mol. The molecule has 0 aromatic rings. The van der Waals surface area contributed by atoms with E-state index in [9.17, 15) is 53.1 Å². The minimum absolute atomic E-state index is 0.595. The minimum atomic E-state index is -7.21. The van der Waals surface area contributed by atoms with Crippen LogP contribution >= 0.6 is 0 Å². The van der Waals surface area contributed by atoms with Crippen LogP contribution in [0.1, 0.15) is 13.8 Å². The Morgan fingerprint density at radius 2 is 1.25 bits per heavy atom. The number of hydrogen-bond acceptors (Lipinski definition) is 2. The first-order chi connectivity index (χ1) is 10.2. The molecule has 13 heteroatoms. The third-order valence-electron chi connectivity index (χ3n) is 2.78. The van der Waals surface area contributed by atoms with E-state index < -0.39 is 54.4 Å². The molecule has 0 bridgehead atoms. The maximum absolute atomic E-state index is 13.2. The van der Waals surface area contributed by atoms with Crippen molar-refractivity contribution in [2.75, 3.05) is 0 Å². The average molecular weight is 382 g/mol. The molecule has 0 saturated carbocycles. The number of hydrogen-bond donors (Lipinski definition) is 0. The van der Waals surface area contributed by atoms with Crippen LogP contribution in [-0.2, 0) is 9.53 Å². The molecule has 1 unspecified atom stereocenters. The summed E-state index contributed by atoms with van der Waals surface area (Å²) in [6, 6.07) is 0. The Morgan fingerprint density at radius 1 is 0.875 bits per heavy atom. The maximum atomic E-state index is 13.2. The number of carbonyl (C=O) groups excluding carboxylic acids is 1. The van der Waals surface area contributed by atoms with Crippen molar-refractivity contribution < 1.29 is 57.8 Å². The number of carbonyl (C=O) groups is 1. The second kappa shape index (κ2) is 6.06. The van der Waals surface area contributed by atoms with Gasteiger partial charge in [-0.15, -0.1) is 0 Å². The SMILES string of the molecule is C=C(C)C(=O)OC(F)(F)C(F)(F)C(F)(F)C(F)(F)C(C)C(F)(F)F. The van der Waals surface area contributed by atoms with Crippen LogP contribution in [0, 0.1) is 5.92 Å². The summed E-state index contributed by atoms with van der Waals surface area (Å²) in [6.45, 7) is 2.69. The highest BCUT2D eigenvalue weighted by molar-refractivity contribution is 5.87. The fourth-order valence-corrected chi connectivity index (χ4v) is 1.14. The third kappa shape index (κ3) is 3.58. The predicted octanol–water partition coefficient (Wildman–Crippen LogP) is 4.80. The van der Waals surface area contributed by atoms with Gasteiger partial charge in [0.05, 0.1) is 0 Å². The molecule has 0 heterocycles. The summed E-state index contributed by atoms with van der Waals surface area (Å²) in [4.78, 5) is 10.7. The molecule has 0 radical (unpaired) electrons. The number of ether oxygens (including phenoxy) is 1. The first-order valence-corrected chi connectivity index (χ1v) is 5.70. The molecule has 0 aromatic heterocycles. The van der Waals surface area contributed by atoms with E-state index in [1.807, 2.05) is 0 Å². The van der Waals surface area contributed by atoms with Gasteiger partial charge < -0.3 is 4.74 Å². The second-order valence-electron chi connectivity index (χ2n) is 4.72.